The van der Waals surface area contributed by atoms with E-state index in [1.165, 1.54) is 12.8 Å². The van der Waals surface area contributed by atoms with E-state index in [0.717, 1.165) is 49.3 Å². The number of hydrogen-bond donors (Lipinski definition) is 1. The van der Waals surface area contributed by atoms with Gasteiger partial charge in [0.2, 0.25) is 0 Å². The summed E-state index contributed by atoms with van der Waals surface area (Å²) in [4.78, 5) is 14.6. The van der Waals surface area contributed by atoms with E-state index in [0.29, 0.717) is 6.54 Å². The van der Waals surface area contributed by atoms with Gasteiger partial charge in [0.25, 0.3) is 5.91 Å². The van der Waals surface area contributed by atoms with Gasteiger partial charge in [-0.05, 0) is 58.5 Å². The average molecular weight is 374 g/mol. The van der Waals surface area contributed by atoms with Gasteiger partial charge in [-0.3, -0.25) is 9.48 Å². The zero-order valence-corrected chi connectivity index (χ0v) is 15.8. The minimum Gasteiger partial charge on any atom is -0.352 e. The zero-order valence-electron chi connectivity index (χ0n) is 15.8. The molecule has 148 valence electrons. The van der Waals surface area contributed by atoms with E-state index in [-0.39, 0.29) is 0 Å². The molecule has 1 aliphatic rings. The molecule has 1 unspecified atom stereocenters. The number of hydrogen-bond acceptors (Lipinski definition) is 3. The number of nitrogens with one attached hydrogen (secondary N) is 1. The highest BCUT2D eigenvalue weighted by Crippen LogP contribution is 2.33. The van der Waals surface area contributed by atoms with Gasteiger partial charge in [-0.15, -0.1) is 0 Å². The number of aromatic nitrogens is 2. The lowest BCUT2D eigenvalue weighted by Crippen LogP contribution is -2.35. The van der Waals surface area contributed by atoms with Crippen molar-refractivity contribution in [1.82, 2.24) is 20.0 Å². The molecule has 1 amide bonds. The highest BCUT2D eigenvalue weighted by atomic mass is 19.4. The van der Waals surface area contributed by atoms with E-state index in [2.05, 4.69) is 22.2 Å². The second kappa shape index (κ2) is 8.88. The van der Waals surface area contributed by atoms with Crippen molar-refractivity contribution in [3.63, 3.8) is 0 Å². The lowest BCUT2D eigenvalue weighted by molar-refractivity contribution is -0.145. The van der Waals surface area contributed by atoms with Gasteiger partial charge in [-0.2, -0.15) is 18.3 Å². The van der Waals surface area contributed by atoms with Crippen molar-refractivity contribution in [1.29, 1.82) is 0 Å². The van der Waals surface area contributed by atoms with Gasteiger partial charge in [0.05, 0.1) is 11.8 Å². The summed E-state index contributed by atoms with van der Waals surface area (Å²) in [6.07, 6.45) is 0.558. The molecule has 1 aromatic rings. The summed E-state index contributed by atoms with van der Waals surface area (Å²) in [5.41, 5.74) is -1.39. The first-order chi connectivity index (χ1) is 12.2. The van der Waals surface area contributed by atoms with Crippen LogP contribution in [-0.4, -0.2) is 46.8 Å². The molecular formula is C18H29F3N4O. The van der Waals surface area contributed by atoms with Gasteiger partial charge >= 0.3 is 6.18 Å². The van der Waals surface area contributed by atoms with E-state index in [1.54, 1.807) is 13.8 Å². The predicted octanol–water partition coefficient (Wildman–Crippen LogP) is 3.72. The minimum absolute atomic E-state index is 0.367. The number of carbonyl (C=O) groups is 1. The fraction of sp³-hybridized carbons (Fsp3) is 0.778. The maximum atomic E-state index is 13.3. The molecule has 26 heavy (non-hydrogen) atoms. The van der Waals surface area contributed by atoms with Gasteiger partial charge in [-0.25, -0.2) is 0 Å². The third kappa shape index (κ3) is 5.46. The van der Waals surface area contributed by atoms with Gasteiger partial charge in [-0.1, -0.05) is 6.92 Å². The Kier molecular flexibility index (Phi) is 7.08. The van der Waals surface area contributed by atoms with Crippen molar-refractivity contribution >= 4 is 5.91 Å². The largest absolute Gasteiger partial charge is 0.433 e. The van der Waals surface area contributed by atoms with Crippen molar-refractivity contribution in [2.24, 2.45) is 5.92 Å². The molecule has 0 aliphatic carbocycles. The standard InChI is InChI=1S/C18H29F3N4O/c1-13(2)25-16(18(19,20)21)15(11-23-25)17(26)22-8-4-5-9-24-10-6-7-14(3)12-24/h11,13-14H,4-10,12H2,1-3H3,(H,22,26). The summed E-state index contributed by atoms with van der Waals surface area (Å²) in [5, 5.41) is 6.34. The number of unbranched alkanes of at least 4 members (excludes halogenated alkanes) is 1. The Balaban J connectivity index is 1.83. The molecule has 0 aromatic carbocycles. The molecule has 5 nitrogen and oxygen atoms in total. The summed E-state index contributed by atoms with van der Waals surface area (Å²) in [5.74, 6) is 0.0116. The first-order valence-electron chi connectivity index (χ1n) is 9.35. The number of halogens is 3. The van der Waals surface area contributed by atoms with Gasteiger partial charge < -0.3 is 10.2 Å². The topological polar surface area (TPSA) is 50.2 Å². The lowest BCUT2D eigenvalue weighted by atomic mass is 10.0. The monoisotopic (exact) mass is 374 g/mol. The maximum Gasteiger partial charge on any atom is 0.433 e. The summed E-state index contributed by atoms with van der Waals surface area (Å²) >= 11 is 0. The molecule has 1 aromatic heterocycles. The minimum atomic E-state index is -4.61. The normalized spacial score (nSPS) is 19.1. The Morgan fingerprint density at radius 3 is 2.73 bits per heavy atom. The van der Waals surface area contributed by atoms with Crippen molar-refractivity contribution in [3.05, 3.63) is 17.5 Å². The molecule has 2 rings (SSSR count). The van der Waals surface area contributed by atoms with Crippen LogP contribution in [0.4, 0.5) is 13.2 Å². The smallest absolute Gasteiger partial charge is 0.352 e. The Labute approximate surface area is 152 Å². The third-order valence-electron chi connectivity index (χ3n) is 4.73. The van der Waals surface area contributed by atoms with Gasteiger partial charge in [0.15, 0.2) is 5.69 Å². The van der Waals surface area contributed by atoms with Crippen LogP contribution in [0.1, 0.15) is 68.5 Å². The van der Waals surface area contributed by atoms with Gasteiger partial charge in [0.1, 0.15) is 0 Å². The molecule has 0 radical (unpaired) electrons. The average Bonchev–Trinajstić information content (AvgIpc) is 3.00. The van der Waals surface area contributed by atoms with Crippen LogP contribution in [0.3, 0.4) is 0 Å². The quantitative estimate of drug-likeness (QED) is 0.740. The van der Waals surface area contributed by atoms with Crippen LogP contribution in [0.15, 0.2) is 6.20 Å². The lowest BCUT2D eigenvalue weighted by Gasteiger charge is -2.30. The van der Waals surface area contributed by atoms with Crippen LogP contribution in [0, 0.1) is 5.92 Å². The summed E-state index contributed by atoms with van der Waals surface area (Å²) in [6, 6.07) is -0.472. The molecule has 1 aliphatic heterocycles. The molecule has 0 bridgehead atoms. The highest BCUT2D eigenvalue weighted by molar-refractivity contribution is 5.95. The Morgan fingerprint density at radius 1 is 1.38 bits per heavy atom. The summed E-state index contributed by atoms with van der Waals surface area (Å²) in [6.45, 7) is 9.01. The summed E-state index contributed by atoms with van der Waals surface area (Å²) in [7, 11) is 0. The van der Waals surface area contributed by atoms with E-state index in [1.807, 2.05) is 0 Å². The predicted molar refractivity (Wildman–Crippen MR) is 94.0 cm³/mol. The number of rotatable bonds is 7. The number of alkyl halides is 3. The van der Waals surface area contributed by atoms with E-state index < -0.39 is 29.4 Å². The molecule has 1 N–H and O–H groups in total. The van der Waals surface area contributed by atoms with Crippen LogP contribution in [-0.2, 0) is 6.18 Å². The highest BCUT2D eigenvalue weighted by Gasteiger charge is 2.40. The molecule has 0 spiro atoms. The maximum absolute atomic E-state index is 13.3. The van der Waals surface area contributed by atoms with Crippen molar-refractivity contribution in [2.75, 3.05) is 26.2 Å². The van der Waals surface area contributed by atoms with E-state index >= 15 is 0 Å². The number of nitrogens with zero attached hydrogens (tertiary/aromatic N) is 3. The zero-order chi connectivity index (χ0) is 19.3. The van der Waals surface area contributed by atoms with Crippen molar-refractivity contribution in [2.45, 2.75) is 58.7 Å². The SMILES string of the molecule is CC1CCCN(CCCCNC(=O)c2cnn(C(C)C)c2C(F)(F)F)C1. The molecule has 1 fully saturated rings. The van der Waals surface area contributed by atoms with Crippen LogP contribution in [0.5, 0.6) is 0 Å². The van der Waals surface area contributed by atoms with Crippen LogP contribution in [0.2, 0.25) is 0 Å². The van der Waals surface area contributed by atoms with Crippen LogP contribution >= 0.6 is 0 Å². The first-order valence-corrected chi connectivity index (χ1v) is 9.35. The molecular weight excluding hydrogens is 345 g/mol. The number of piperidine rings is 1. The number of amides is 1. The first kappa shape index (κ1) is 20.7. The van der Waals surface area contributed by atoms with Crippen LogP contribution < -0.4 is 5.32 Å². The fourth-order valence-electron chi connectivity index (χ4n) is 3.45. The van der Waals surface area contributed by atoms with Crippen molar-refractivity contribution in [3.8, 4) is 0 Å². The number of carbonyl (C=O) groups excluding carboxylic acids is 1. The number of likely N-dealkylation sites (tertiary alicyclic amines) is 1. The van der Waals surface area contributed by atoms with Gasteiger partial charge in [0, 0.05) is 19.1 Å². The molecule has 1 atom stereocenters. The molecule has 0 saturated carbocycles. The Morgan fingerprint density at radius 2 is 2.12 bits per heavy atom. The Hall–Kier alpha value is -1.57. The summed E-state index contributed by atoms with van der Waals surface area (Å²) < 4.78 is 40.7. The second-order valence-corrected chi connectivity index (χ2v) is 7.45. The molecule has 8 heteroatoms. The van der Waals surface area contributed by atoms with E-state index in [9.17, 15) is 18.0 Å². The molecule has 2 heterocycles. The second-order valence-electron chi connectivity index (χ2n) is 7.45. The third-order valence-corrected chi connectivity index (χ3v) is 4.73. The van der Waals surface area contributed by atoms with Crippen LogP contribution in [0.25, 0.3) is 0 Å². The van der Waals surface area contributed by atoms with E-state index in [4.69, 9.17) is 0 Å². The van der Waals surface area contributed by atoms with Crippen molar-refractivity contribution < 1.29 is 18.0 Å². The fourth-order valence-corrected chi connectivity index (χ4v) is 3.45. The Bertz CT molecular complexity index is 598. The molecule has 1 saturated heterocycles.